The van der Waals surface area contributed by atoms with Crippen molar-refractivity contribution in [3.8, 4) is 0 Å². The minimum Gasteiger partial charge on any atom is -0.392 e. The lowest BCUT2D eigenvalue weighted by atomic mass is 9.84. The van der Waals surface area contributed by atoms with E-state index in [0.29, 0.717) is 13.2 Å². The molecule has 4 rings (SSSR count). The highest BCUT2D eigenvalue weighted by molar-refractivity contribution is 6.74. The van der Waals surface area contributed by atoms with Crippen molar-refractivity contribution in [3.63, 3.8) is 0 Å². The molecule has 0 saturated carbocycles. The smallest absolute Gasteiger partial charge is 0.195 e. The minimum absolute atomic E-state index is 0.0763. The SMILES string of the molecule is CC1[C@H](O[C@@H]2C(COCc3ccccc3)O[C@@H](O[Si](C)(C)C(C)(C)C)C(N=[N+]=[N-])[C@H]2C)OC(COCc2ccccc2)[C@@H](O)[C@@H]1C. The molecule has 254 valence electrons. The third-order valence-electron chi connectivity index (χ3n) is 9.98. The molecule has 2 aliphatic heterocycles. The molecule has 2 fully saturated rings. The van der Waals surface area contributed by atoms with Gasteiger partial charge in [0.05, 0.1) is 44.7 Å². The largest absolute Gasteiger partial charge is 0.392 e. The molecule has 11 heteroatoms. The lowest BCUT2D eigenvalue weighted by molar-refractivity contribution is -0.322. The van der Waals surface area contributed by atoms with Crippen molar-refractivity contribution in [1.29, 1.82) is 0 Å². The number of aliphatic hydroxyl groups excluding tert-OH is 1. The summed E-state index contributed by atoms with van der Waals surface area (Å²) in [5.41, 5.74) is 11.7. The summed E-state index contributed by atoms with van der Waals surface area (Å²) >= 11 is 0. The van der Waals surface area contributed by atoms with Crippen molar-refractivity contribution in [2.24, 2.45) is 22.9 Å². The Kier molecular flexibility index (Phi) is 12.9. The summed E-state index contributed by atoms with van der Waals surface area (Å²) < 4.78 is 38.7. The van der Waals surface area contributed by atoms with E-state index >= 15 is 0 Å². The summed E-state index contributed by atoms with van der Waals surface area (Å²) in [5, 5.41) is 15.2. The van der Waals surface area contributed by atoms with Gasteiger partial charge in [-0.3, -0.25) is 0 Å². The van der Waals surface area contributed by atoms with Gasteiger partial charge < -0.3 is 33.2 Å². The molecule has 0 amide bonds. The Morgan fingerprint density at radius 1 is 0.804 bits per heavy atom. The van der Waals surface area contributed by atoms with Crippen molar-refractivity contribution in [1.82, 2.24) is 0 Å². The Morgan fingerprint density at radius 3 is 1.85 bits per heavy atom. The fourth-order valence-corrected chi connectivity index (χ4v) is 6.83. The van der Waals surface area contributed by atoms with Crippen LogP contribution in [0.3, 0.4) is 0 Å². The van der Waals surface area contributed by atoms with Crippen LogP contribution in [0, 0.1) is 17.8 Å². The Bertz CT molecular complexity index is 1260. The molecule has 2 aromatic carbocycles. The molecule has 2 aliphatic rings. The lowest BCUT2D eigenvalue weighted by Gasteiger charge is -2.50. The van der Waals surface area contributed by atoms with E-state index < -0.39 is 51.4 Å². The van der Waals surface area contributed by atoms with Gasteiger partial charge in [0.1, 0.15) is 12.2 Å². The summed E-state index contributed by atoms with van der Waals surface area (Å²) in [6.45, 7) is 18.1. The van der Waals surface area contributed by atoms with E-state index in [2.05, 4.69) is 43.9 Å². The summed E-state index contributed by atoms with van der Waals surface area (Å²) in [7, 11) is -2.30. The first-order chi connectivity index (χ1) is 21.8. The maximum atomic E-state index is 11.1. The second kappa shape index (κ2) is 16.2. The molecule has 1 N–H and O–H groups in total. The molecule has 0 aliphatic carbocycles. The van der Waals surface area contributed by atoms with Crippen molar-refractivity contribution in [2.75, 3.05) is 13.2 Å². The van der Waals surface area contributed by atoms with Crippen molar-refractivity contribution in [2.45, 2.75) is 116 Å². The number of hydrogen-bond acceptors (Lipinski definition) is 8. The average molecular weight is 656 g/mol. The number of aliphatic hydroxyl groups is 1. The molecule has 4 unspecified atom stereocenters. The van der Waals surface area contributed by atoms with E-state index in [0.717, 1.165) is 11.1 Å². The normalized spacial score (nSPS) is 32.1. The van der Waals surface area contributed by atoms with Crippen LogP contribution in [0.5, 0.6) is 0 Å². The zero-order valence-corrected chi connectivity index (χ0v) is 29.6. The first-order valence-electron chi connectivity index (χ1n) is 16.4. The quantitative estimate of drug-likeness (QED) is 0.105. The first-order valence-corrected chi connectivity index (χ1v) is 19.3. The summed E-state index contributed by atoms with van der Waals surface area (Å²) in [5.74, 6) is -0.521. The monoisotopic (exact) mass is 655 g/mol. The van der Waals surface area contributed by atoms with Crippen molar-refractivity contribution in [3.05, 3.63) is 82.2 Å². The van der Waals surface area contributed by atoms with Gasteiger partial charge in [-0.25, -0.2) is 0 Å². The fourth-order valence-electron chi connectivity index (χ4n) is 5.70. The van der Waals surface area contributed by atoms with Crippen LogP contribution in [0.2, 0.25) is 18.1 Å². The van der Waals surface area contributed by atoms with E-state index in [4.69, 9.17) is 28.1 Å². The summed E-state index contributed by atoms with van der Waals surface area (Å²) in [6.07, 6.45) is -3.75. The van der Waals surface area contributed by atoms with Gasteiger partial charge in [-0.15, -0.1) is 0 Å². The van der Waals surface area contributed by atoms with Crippen LogP contribution in [0.1, 0.15) is 52.7 Å². The Balaban J connectivity index is 1.53. The highest BCUT2D eigenvalue weighted by Crippen LogP contribution is 2.42. The molecule has 10 nitrogen and oxygen atoms in total. The number of azide groups is 1. The van der Waals surface area contributed by atoms with E-state index in [-0.39, 0.29) is 36.0 Å². The molecule has 0 spiro atoms. The Hall–Kier alpha value is -2.31. The maximum absolute atomic E-state index is 11.1. The minimum atomic E-state index is -2.30. The van der Waals surface area contributed by atoms with Crippen LogP contribution in [-0.4, -0.2) is 69.7 Å². The van der Waals surface area contributed by atoms with Gasteiger partial charge in [0.25, 0.3) is 0 Å². The predicted molar refractivity (Wildman–Crippen MR) is 179 cm³/mol. The average Bonchev–Trinajstić information content (AvgIpc) is 3.02. The third kappa shape index (κ3) is 9.18. The molecule has 2 heterocycles. The van der Waals surface area contributed by atoms with E-state index in [1.807, 2.05) is 81.4 Å². The molecule has 0 aromatic heterocycles. The number of rotatable bonds is 13. The fraction of sp³-hybridized carbons (Fsp3) is 0.657. The van der Waals surface area contributed by atoms with Crippen LogP contribution in [-0.2, 0) is 41.3 Å². The van der Waals surface area contributed by atoms with Crippen LogP contribution < -0.4 is 0 Å². The van der Waals surface area contributed by atoms with E-state index in [1.54, 1.807) is 0 Å². The van der Waals surface area contributed by atoms with Gasteiger partial charge >= 0.3 is 0 Å². The van der Waals surface area contributed by atoms with E-state index in [9.17, 15) is 10.6 Å². The van der Waals surface area contributed by atoms with Crippen LogP contribution in [0.4, 0.5) is 0 Å². The molecular weight excluding hydrogens is 602 g/mol. The molecule has 2 aromatic rings. The van der Waals surface area contributed by atoms with E-state index in [1.165, 1.54) is 0 Å². The van der Waals surface area contributed by atoms with Crippen LogP contribution in [0.15, 0.2) is 65.8 Å². The third-order valence-corrected chi connectivity index (χ3v) is 14.4. The second-order valence-electron chi connectivity index (χ2n) is 14.3. The molecule has 2 saturated heterocycles. The highest BCUT2D eigenvalue weighted by Gasteiger charge is 2.51. The number of nitrogens with zero attached hydrogens (tertiary/aromatic N) is 3. The zero-order chi connectivity index (χ0) is 33.5. The number of hydrogen-bond donors (Lipinski definition) is 1. The van der Waals surface area contributed by atoms with Gasteiger partial charge in [-0.05, 0) is 46.6 Å². The van der Waals surface area contributed by atoms with Gasteiger partial charge in [0, 0.05) is 10.8 Å². The number of ether oxygens (including phenoxy) is 5. The van der Waals surface area contributed by atoms with Crippen molar-refractivity contribution >= 4 is 8.32 Å². The molecular formula is C35H53N3O7Si. The standard InChI is InChI=1S/C35H53N3O7Si/c1-23-24(2)33(42-28(31(23)39)21-40-19-26-15-11-9-12-16-26)44-32-25(3)30(37-38-36)34(45-46(7,8)35(4,5)6)43-29(32)22-41-20-27-17-13-10-14-18-27/h9-18,23-25,28-34,39H,19-22H2,1-8H3/t23-,24?,25-,28?,29?,30?,31+,32+,33+,34+/m1/s1. The van der Waals surface area contributed by atoms with Gasteiger partial charge in [-0.1, -0.05) is 107 Å². The molecule has 46 heavy (non-hydrogen) atoms. The summed E-state index contributed by atoms with van der Waals surface area (Å²) in [6, 6.07) is 19.3. The van der Waals surface area contributed by atoms with Crippen LogP contribution >= 0.6 is 0 Å². The summed E-state index contributed by atoms with van der Waals surface area (Å²) in [4.78, 5) is 3.18. The predicted octanol–water partition coefficient (Wildman–Crippen LogP) is 7.22. The first kappa shape index (κ1) is 36.5. The van der Waals surface area contributed by atoms with Gasteiger partial charge in [0.15, 0.2) is 20.9 Å². The van der Waals surface area contributed by atoms with Gasteiger partial charge in [-0.2, -0.15) is 0 Å². The van der Waals surface area contributed by atoms with Crippen molar-refractivity contribution < 1.29 is 33.2 Å². The molecule has 10 atom stereocenters. The maximum Gasteiger partial charge on any atom is 0.195 e. The Morgan fingerprint density at radius 2 is 1.33 bits per heavy atom. The second-order valence-corrected chi connectivity index (χ2v) is 19.1. The number of benzene rings is 2. The van der Waals surface area contributed by atoms with Crippen LogP contribution in [0.25, 0.3) is 10.4 Å². The molecule has 0 radical (unpaired) electrons. The Labute approximate surface area is 275 Å². The zero-order valence-electron chi connectivity index (χ0n) is 28.6. The molecule has 0 bridgehead atoms. The van der Waals surface area contributed by atoms with Gasteiger partial charge in [0.2, 0.25) is 0 Å². The topological polar surface area (TPSA) is 124 Å². The highest BCUT2D eigenvalue weighted by atomic mass is 28.4. The lowest BCUT2D eigenvalue weighted by Crippen LogP contribution is -2.61.